The van der Waals surface area contributed by atoms with Gasteiger partial charge >= 0.3 is 12.4 Å². The fourth-order valence-electron chi connectivity index (χ4n) is 2.52. The first kappa shape index (κ1) is 23.8. The molecule has 2 N–H and O–H groups in total. The van der Waals surface area contributed by atoms with E-state index in [-0.39, 0.29) is 24.0 Å². The summed E-state index contributed by atoms with van der Waals surface area (Å²) in [7, 11) is 0. The molecule has 6 nitrogen and oxygen atoms in total. The SMILES string of the molecule is C=CCNC(=O)c1nccnc1C(C)NC(=O)c1cc(C(F)(F)F)cc(C(F)(F)F)c1. The first-order valence-corrected chi connectivity index (χ1v) is 8.65. The highest BCUT2D eigenvalue weighted by Crippen LogP contribution is 2.36. The highest BCUT2D eigenvalue weighted by atomic mass is 19.4. The van der Waals surface area contributed by atoms with Crippen molar-refractivity contribution in [2.75, 3.05) is 6.54 Å². The lowest BCUT2D eigenvalue weighted by atomic mass is 10.0. The van der Waals surface area contributed by atoms with E-state index in [0.29, 0.717) is 12.1 Å². The zero-order chi connectivity index (χ0) is 23.4. The number of aromatic nitrogens is 2. The molecule has 0 fully saturated rings. The number of hydrogen-bond acceptors (Lipinski definition) is 4. The Kier molecular flexibility index (Phi) is 7.03. The van der Waals surface area contributed by atoms with Gasteiger partial charge in [0.2, 0.25) is 0 Å². The van der Waals surface area contributed by atoms with E-state index in [4.69, 9.17) is 0 Å². The Hall–Kier alpha value is -3.44. The van der Waals surface area contributed by atoms with E-state index >= 15 is 0 Å². The van der Waals surface area contributed by atoms with Gasteiger partial charge in [0.15, 0.2) is 5.69 Å². The lowest BCUT2D eigenvalue weighted by molar-refractivity contribution is -0.143. The summed E-state index contributed by atoms with van der Waals surface area (Å²) in [5.74, 6) is -1.87. The van der Waals surface area contributed by atoms with Gasteiger partial charge in [0.25, 0.3) is 11.8 Å². The summed E-state index contributed by atoms with van der Waals surface area (Å²) >= 11 is 0. The standard InChI is InChI=1S/C19H16F6N4O2/c1-3-4-28-17(31)15-14(26-5-6-27-15)10(2)29-16(30)11-7-12(18(20,21)22)9-13(8-11)19(23,24)25/h3,5-10H,1,4H2,2H3,(H,28,31)(H,29,30). The molecule has 12 heteroatoms. The van der Waals surface area contributed by atoms with Crippen molar-refractivity contribution in [1.29, 1.82) is 0 Å². The smallest absolute Gasteiger partial charge is 0.347 e. The summed E-state index contributed by atoms with van der Waals surface area (Å²) in [5, 5.41) is 4.70. The molecule has 1 aromatic heterocycles. The molecule has 0 saturated heterocycles. The average Bonchev–Trinajstić information content (AvgIpc) is 2.70. The van der Waals surface area contributed by atoms with E-state index in [2.05, 4.69) is 27.2 Å². The van der Waals surface area contributed by atoms with Gasteiger partial charge in [-0.3, -0.25) is 14.6 Å². The molecule has 1 atom stereocenters. The van der Waals surface area contributed by atoms with Gasteiger partial charge in [0.05, 0.1) is 22.9 Å². The third-order valence-corrected chi connectivity index (χ3v) is 3.96. The van der Waals surface area contributed by atoms with Crippen molar-refractivity contribution in [1.82, 2.24) is 20.6 Å². The summed E-state index contributed by atoms with van der Waals surface area (Å²) in [6, 6.07) is -0.517. The maximum Gasteiger partial charge on any atom is 0.416 e. The van der Waals surface area contributed by atoms with Crippen molar-refractivity contribution >= 4 is 11.8 Å². The fraction of sp³-hybridized carbons (Fsp3) is 0.263. The Labute approximate surface area is 172 Å². The molecule has 0 bridgehead atoms. The molecule has 31 heavy (non-hydrogen) atoms. The summed E-state index contributed by atoms with van der Waals surface area (Å²) in [6.07, 6.45) is -6.35. The summed E-state index contributed by atoms with van der Waals surface area (Å²) < 4.78 is 78.0. The molecule has 1 heterocycles. The normalized spacial score (nSPS) is 12.7. The Balaban J connectivity index is 2.36. The van der Waals surface area contributed by atoms with Crippen LogP contribution in [0.3, 0.4) is 0 Å². The van der Waals surface area contributed by atoms with Crippen LogP contribution >= 0.6 is 0 Å². The molecule has 0 aliphatic rings. The number of alkyl halides is 6. The second-order valence-electron chi connectivity index (χ2n) is 6.28. The maximum absolute atomic E-state index is 13.0. The molecule has 0 aliphatic heterocycles. The van der Waals surface area contributed by atoms with Crippen LogP contribution in [0.5, 0.6) is 0 Å². The van der Waals surface area contributed by atoms with Crippen LogP contribution in [0.2, 0.25) is 0 Å². The summed E-state index contributed by atoms with van der Waals surface area (Å²) in [5.41, 5.74) is -4.29. The van der Waals surface area contributed by atoms with Crippen molar-refractivity contribution in [2.24, 2.45) is 0 Å². The van der Waals surface area contributed by atoms with Crippen molar-refractivity contribution < 1.29 is 35.9 Å². The average molecular weight is 446 g/mol. The molecule has 1 unspecified atom stereocenters. The lowest BCUT2D eigenvalue weighted by Crippen LogP contribution is -2.32. The van der Waals surface area contributed by atoms with E-state index in [9.17, 15) is 35.9 Å². The van der Waals surface area contributed by atoms with Gasteiger partial charge in [-0.1, -0.05) is 6.08 Å². The number of amides is 2. The highest BCUT2D eigenvalue weighted by Gasteiger charge is 2.37. The van der Waals surface area contributed by atoms with E-state index in [1.54, 1.807) is 0 Å². The molecular formula is C19H16F6N4O2. The minimum atomic E-state index is -5.09. The van der Waals surface area contributed by atoms with E-state index in [1.807, 2.05) is 0 Å². The van der Waals surface area contributed by atoms with Crippen molar-refractivity contribution in [3.63, 3.8) is 0 Å². The Morgan fingerprint density at radius 1 is 1.00 bits per heavy atom. The minimum absolute atomic E-state index is 0.0274. The van der Waals surface area contributed by atoms with Gasteiger partial charge in [0, 0.05) is 24.5 Å². The molecule has 0 radical (unpaired) electrons. The second kappa shape index (κ2) is 9.14. The van der Waals surface area contributed by atoms with E-state index in [1.165, 1.54) is 25.4 Å². The van der Waals surface area contributed by atoms with Gasteiger partial charge in [-0.2, -0.15) is 26.3 Å². The van der Waals surface area contributed by atoms with Crippen LogP contribution in [0, 0.1) is 0 Å². The number of hydrogen-bond donors (Lipinski definition) is 2. The number of nitrogens with zero attached hydrogens (tertiary/aromatic N) is 2. The minimum Gasteiger partial charge on any atom is -0.347 e. The van der Waals surface area contributed by atoms with Gasteiger partial charge in [0.1, 0.15) is 0 Å². The molecular weight excluding hydrogens is 430 g/mol. The first-order chi connectivity index (χ1) is 14.3. The quantitative estimate of drug-likeness (QED) is 0.521. The predicted octanol–water partition coefficient (Wildman–Crippen LogP) is 3.92. The van der Waals surface area contributed by atoms with Gasteiger partial charge < -0.3 is 10.6 Å². The second-order valence-corrected chi connectivity index (χ2v) is 6.28. The number of nitrogens with one attached hydrogen (secondary N) is 2. The van der Waals surface area contributed by atoms with Crippen LogP contribution in [0.15, 0.2) is 43.2 Å². The molecule has 2 rings (SSSR count). The number of rotatable bonds is 6. The van der Waals surface area contributed by atoms with Gasteiger partial charge in [-0.05, 0) is 25.1 Å². The number of benzene rings is 1. The predicted molar refractivity (Wildman–Crippen MR) is 96.9 cm³/mol. The van der Waals surface area contributed by atoms with Crippen LogP contribution < -0.4 is 10.6 Å². The first-order valence-electron chi connectivity index (χ1n) is 8.65. The van der Waals surface area contributed by atoms with E-state index < -0.39 is 46.9 Å². The molecule has 0 saturated carbocycles. The Morgan fingerprint density at radius 3 is 2.06 bits per heavy atom. The Morgan fingerprint density at radius 2 is 1.55 bits per heavy atom. The molecule has 1 aromatic carbocycles. The molecule has 2 aromatic rings. The summed E-state index contributed by atoms with van der Waals surface area (Å²) in [4.78, 5) is 32.4. The third-order valence-electron chi connectivity index (χ3n) is 3.96. The maximum atomic E-state index is 13.0. The van der Waals surface area contributed by atoms with Crippen molar-refractivity contribution in [2.45, 2.75) is 25.3 Å². The zero-order valence-electron chi connectivity index (χ0n) is 15.9. The molecule has 166 valence electrons. The van der Waals surface area contributed by atoms with Crippen LogP contribution in [0.4, 0.5) is 26.3 Å². The van der Waals surface area contributed by atoms with Gasteiger partial charge in [-0.15, -0.1) is 6.58 Å². The zero-order valence-corrected chi connectivity index (χ0v) is 15.9. The molecule has 0 spiro atoms. The monoisotopic (exact) mass is 446 g/mol. The fourth-order valence-corrected chi connectivity index (χ4v) is 2.52. The van der Waals surface area contributed by atoms with Crippen LogP contribution in [-0.2, 0) is 12.4 Å². The van der Waals surface area contributed by atoms with Gasteiger partial charge in [-0.25, -0.2) is 4.98 Å². The van der Waals surface area contributed by atoms with Crippen LogP contribution in [0.25, 0.3) is 0 Å². The van der Waals surface area contributed by atoms with Crippen LogP contribution in [0.1, 0.15) is 50.6 Å². The summed E-state index contributed by atoms with van der Waals surface area (Å²) in [6.45, 7) is 4.90. The third kappa shape index (κ3) is 6.03. The van der Waals surface area contributed by atoms with Crippen LogP contribution in [-0.4, -0.2) is 28.3 Å². The van der Waals surface area contributed by atoms with Crippen molar-refractivity contribution in [3.8, 4) is 0 Å². The highest BCUT2D eigenvalue weighted by molar-refractivity contribution is 5.96. The number of carbonyl (C=O) groups is 2. The molecule has 0 aliphatic carbocycles. The number of carbonyl (C=O) groups excluding carboxylic acids is 2. The van der Waals surface area contributed by atoms with E-state index in [0.717, 1.165) is 0 Å². The Bertz CT molecular complexity index is 956. The number of halogens is 6. The topological polar surface area (TPSA) is 84.0 Å². The van der Waals surface area contributed by atoms with Crippen molar-refractivity contribution in [3.05, 3.63) is 71.3 Å². The largest absolute Gasteiger partial charge is 0.416 e. The molecule has 2 amide bonds. The lowest BCUT2D eigenvalue weighted by Gasteiger charge is -2.18.